The van der Waals surface area contributed by atoms with E-state index in [1.165, 1.54) is 0 Å². The molecule has 0 bridgehead atoms. The van der Waals surface area contributed by atoms with Gasteiger partial charge in [0.15, 0.2) is 0 Å². The van der Waals surface area contributed by atoms with Crippen LogP contribution in [0.5, 0.6) is 0 Å². The minimum absolute atomic E-state index is 0.115. The summed E-state index contributed by atoms with van der Waals surface area (Å²) in [5.41, 5.74) is 1.57. The summed E-state index contributed by atoms with van der Waals surface area (Å²) >= 11 is 0. The number of oxime groups is 2. The molecule has 0 aromatic carbocycles. The van der Waals surface area contributed by atoms with Gasteiger partial charge in [-0.05, 0) is 25.7 Å². The fourth-order valence-corrected chi connectivity index (χ4v) is 2.26. The Hall–Kier alpha value is -1.14. The zero-order valence-electron chi connectivity index (χ0n) is 13.2. The fourth-order valence-electron chi connectivity index (χ4n) is 2.26. The molecule has 0 rings (SSSR count). The first-order valence-corrected chi connectivity index (χ1v) is 7.56. The van der Waals surface area contributed by atoms with Crippen LogP contribution in [-0.4, -0.2) is 47.0 Å². The third-order valence-electron chi connectivity index (χ3n) is 3.51. The van der Waals surface area contributed by atoms with Crippen LogP contribution < -0.4 is 10.6 Å². The van der Waals surface area contributed by atoms with Gasteiger partial charge in [0.25, 0.3) is 0 Å². The van der Waals surface area contributed by atoms with Gasteiger partial charge in [-0.2, -0.15) is 0 Å². The van der Waals surface area contributed by atoms with Crippen molar-refractivity contribution >= 4 is 11.4 Å². The maximum atomic E-state index is 8.94. The van der Waals surface area contributed by atoms with E-state index in [-0.39, 0.29) is 12.1 Å². The summed E-state index contributed by atoms with van der Waals surface area (Å²) in [6.07, 6.45) is 3.26. The van der Waals surface area contributed by atoms with Gasteiger partial charge in [0.05, 0.1) is 11.4 Å². The lowest BCUT2D eigenvalue weighted by atomic mass is 10.1. The van der Waals surface area contributed by atoms with Gasteiger partial charge in [0.2, 0.25) is 0 Å². The third kappa shape index (κ3) is 6.34. The molecule has 6 nitrogen and oxygen atoms in total. The van der Waals surface area contributed by atoms with E-state index < -0.39 is 0 Å². The first-order valence-electron chi connectivity index (χ1n) is 7.56. The van der Waals surface area contributed by atoms with Crippen LogP contribution in [0.15, 0.2) is 10.3 Å². The molecule has 0 aromatic heterocycles. The molecule has 0 aliphatic rings. The van der Waals surface area contributed by atoms with E-state index in [4.69, 9.17) is 10.4 Å². The van der Waals surface area contributed by atoms with Crippen molar-refractivity contribution in [1.29, 1.82) is 0 Å². The Bertz CT molecular complexity index is 276. The topological polar surface area (TPSA) is 89.2 Å². The second-order valence-electron chi connectivity index (χ2n) is 4.72. The van der Waals surface area contributed by atoms with Crippen molar-refractivity contribution < 1.29 is 10.4 Å². The van der Waals surface area contributed by atoms with E-state index in [1.807, 2.05) is 13.8 Å². The molecule has 0 aliphatic heterocycles. The predicted molar refractivity (Wildman–Crippen MR) is 83.2 cm³/mol. The molecule has 0 heterocycles. The van der Waals surface area contributed by atoms with Gasteiger partial charge in [-0.25, -0.2) is 0 Å². The number of rotatable bonds is 11. The summed E-state index contributed by atoms with van der Waals surface area (Å²) in [4.78, 5) is 0. The van der Waals surface area contributed by atoms with Gasteiger partial charge in [-0.3, -0.25) is 0 Å². The summed E-state index contributed by atoms with van der Waals surface area (Å²) in [5.74, 6) is 0. The molecule has 0 aliphatic carbocycles. The van der Waals surface area contributed by atoms with Crippen molar-refractivity contribution in [2.24, 2.45) is 10.3 Å². The largest absolute Gasteiger partial charge is 0.411 e. The molecule has 0 aromatic rings. The number of hydrogen-bond donors (Lipinski definition) is 4. The lowest BCUT2D eigenvalue weighted by Crippen LogP contribution is -2.43. The maximum absolute atomic E-state index is 8.94. The molecule has 2 atom stereocenters. The Morgan fingerprint density at radius 1 is 0.800 bits per heavy atom. The lowest BCUT2D eigenvalue weighted by Gasteiger charge is -2.20. The van der Waals surface area contributed by atoms with Gasteiger partial charge in [0.1, 0.15) is 0 Å². The molecule has 0 amide bonds. The summed E-state index contributed by atoms with van der Waals surface area (Å²) < 4.78 is 0. The van der Waals surface area contributed by atoms with Crippen molar-refractivity contribution in [3.63, 3.8) is 0 Å². The molecular weight excluding hydrogens is 256 g/mol. The minimum Gasteiger partial charge on any atom is -0.411 e. The maximum Gasteiger partial charge on any atom is 0.0736 e. The lowest BCUT2D eigenvalue weighted by molar-refractivity contribution is 0.312. The van der Waals surface area contributed by atoms with Gasteiger partial charge < -0.3 is 21.0 Å². The quantitative estimate of drug-likeness (QED) is 0.203. The van der Waals surface area contributed by atoms with Gasteiger partial charge in [0, 0.05) is 25.2 Å². The van der Waals surface area contributed by atoms with E-state index in [1.54, 1.807) is 0 Å². The van der Waals surface area contributed by atoms with E-state index in [0.29, 0.717) is 0 Å². The minimum atomic E-state index is 0.115. The first kappa shape index (κ1) is 18.9. The summed E-state index contributed by atoms with van der Waals surface area (Å²) in [6, 6.07) is 0.230. The number of hydrogen-bond acceptors (Lipinski definition) is 6. The van der Waals surface area contributed by atoms with Crippen LogP contribution in [0, 0.1) is 0 Å². The highest BCUT2D eigenvalue weighted by atomic mass is 16.4. The van der Waals surface area contributed by atoms with Crippen LogP contribution >= 0.6 is 0 Å². The van der Waals surface area contributed by atoms with Crippen LogP contribution in [0.4, 0.5) is 0 Å². The van der Waals surface area contributed by atoms with E-state index in [0.717, 1.165) is 50.2 Å². The average Bonchev–Trinajstić information content (AvgIpc) is 2.49. The molecule has 118 valence electrons. The average molecular weight is 286 g/mol. The number of nitrogens with zero attached hydrogens (tertiary/aromatic N) is 2. The van der Waals surface area contributed by atoms with Crippen LogP contribution in [0.1, 0.15) is 53.4 Å². The van der Waals surface area contributed by atoms with Gasteiger partial charge in [-0.1, -0.05) is 38.0 Å². The highest BCUT2D eigenvalue weighted by molar-refractivity contribution is 5.89. The zero-order valence-corrected chi connectivity index (χ0v) is 13.2. The second-order valence-corrected chi connectivity index (χ2v) is 4.72. The number of nitrogens with one attached hydrogen (secondary N) is 2. The van der Waals surface area contributed by atoms with Crippen LogP contribution in [0.2, 0.25) is 0 Å². The van der Waals surface area contributed by atoms with Crippen molar-refractivity contribution in [3.8, 4) is 0 Å². The second kappa shape index (κ2) is 11.7. The van der Waals surface area contributed by atoms with Crippen LogP contribution in [0.25, 0.3) is 0 Å². The van der Waals surface area contributed by atoms with E-state index >= 15 is 0 Å². The molecule has 0 radical (unpaired) electrons. The molecule has 6 heteroatoms. The third-order valence-corrected chi connectivity index (χ3v) is 3.51. The Balaban J connectivity index is 4.16. The molecule has 2 unspecified atom stereocenters. The molecular formula is C14H30N4O2. The van der Waals surface area contributed by atoms with E-state index in [9.17, 15) is 0 Å². The SMILES string of the molecule is CCC(=NO)C(CC)NCCNC(CC)C(CC)=NO. The predicted octanol–water partition coefficient (Wildman–Crippen LogP) is 2.20. The molecule has 20 heavy (non-hydrogen) atoms. The Kier molecular flexibility index (Phi) is 11.0. The van der Waals surface area contributed by atoms with Crippen LogP contribution in [-0.2, 0) is 0 Å². The molecule has 0 spiro atoms. The Morgan fingerprint density at radius 2 is 1.15 bits per heavy atom. The first-order chi connectivity index (χ1) is 9.68. The Labute approximate surface area is 122 Å². The summed E-state index contributed by atoms with van der Waals surface area (Å²) in [6.45, 7) is 9.64. The highest BCUT2D eigenvalue weighted by Crippen LogP contribution is 2.00. The molecule has 4 N–H and O–H groups in total. The van der Waals surface area contributed by atoms with Crippen molar-refractivity contribution in [2.75, 3.05) is 13.1 Å². The Morgan fingerprint density at radius 3 is 1.35 bits per heavy atom. The monoisotopic (exact) mass is 286 g/mol. The fraction of sp³-hybridized carbons (Fsp3) is 0.857. The van der Waals surface area contributed by atoms with Crippen LogP contribution in [0.3, 0.4) is 0 Å². The summed E-state index contributed by atoms with van der Waals surface area (Å²) in [7, 11) is 0. The molecule has 0 fully saturated rings. The zero-order chi connectivity index (χ0) is 15.4. The van der Waals surface area contributed by atoms with Gasteiger partial charge in [-0.15, -0.1) is 0 Å². The normalized spacial score (nSPS) is 16.2. The van der Waals surface area contributed by atoms with Gasteiger partial charge >= 0.3 is 0 Å². The molecule has 0 saturated carbocycles. The van der Waals surface area contributed by atoms with Crippen molar-refractivity contribution in [2.45, 2.75) is 65.5 Å². The molecule has 0 saturated heterocycles. The van der Waals surface area contributed by atoms with Crippen molar-refractivity contribution in [1.82, 2.24) is 10.6 Å². The standard InChI is InChI=1S/C14H30N4O2/c1-5-11(13(7-3)17-19)15-9-10-16-12(6-2)14(8-4)18-20/h11-12,15-16,19-20H,5-10H2,1-4H3. The van der Waals surface area contributed by atoms with E-state index in [2.05, 4.69) is 34.8 Å². The highest BCUT2D eigenvalue weighted by Gasteiger charge is 2.14. The smallest absolute Gasteiger partial charge is 0.0736 e. The summed E-state index contributed by atoms with van der Waals surface area (Å²) in [5, 5.41) is 31.3. The van der Waals surface area contributed by atoms with Crippen molar-refractivity contribution in [3.05, 3.63) is 0 Å².